The molecule has 0 bridgehead atoms. The van der Waals surface area contributed by atoms with Gasteiger partial charge in [-0.15, -0.1) is 0 Å². The van der Waals surface area contributed by atoms with Crippen LogP contribution in [0.3, 0.4) is 0 Å². The van der Waals surface area contributed by atoms with E-state index >= 15 is 0 Å². The summed E-state index contributed by atoms with van der Waals surface area (Å²) in [7, 11) is -3.79. The summed E-state index contributed by atoms with van der Waals surface area (Å²) in [6, 6.07) is 3.03. The smallest absolute Gasteiger partial charge is 0.339 e. The van der Waals surface area contributed by atoms with E-state index in [1.165, 1.54) is 29.4 Å². The van der Waals surface area contributed by atoms with Gasteiger partial charge in [-0.25, -0.2) is 18.0 Å². The molecule has 1 aliphatic rings. The van der Waals surface area contributed by atoms with Crippen molar-refractivity contribution in [3.05, 3.63) is 29.3 Å². The average molecular weight is 399 g/mol. The Morgan fingerprint density at radius 3 is 2.48 bits per heavy atom. The van der Waals surface area contributed by atoms with E-state index in [-0.39, 0.29) is 23.5 Å². The molecule has 1 saturated heterocycles. The summed E-state index contributed by atoms with van der Waals surface area (Å²) in [5.41, 5.74) is 5.32. The molecule has 0 aliphatic carbocycles. The highest BCUT2D eigenvalue weighted by Crippen LogP contribution is 2.21. The molecular weight excluding hydrogens is 378 g/mol. The lowest BCUT2D eigenvalue weighted by Crippen LogP contribution is -2.42. The maximum absolute atomic E-state index is 12.7. The van der Waals surface area contributed by atoms with Gasteiger partial charge < -0.3 is 15.2 Å². The molecule has 148 valence electrons. The number of carbonyl (C=O) groups is 3. The molecule has 3 amide bonds. The van der Waals surface area contributed by atoms with E-state index in [9.17, 15) is 22.8 Å². The summed E-state index contributed by atoms with van der Waals surface area (Å²) in [6.45, 7) is 3.91. The number of nitrogens with two attached hydrogens (primary N) is 1. The molecule has 1 heterocycles. The molecule has 1 fully saturated rings. The second-order valence-electron chi connectivity index (χ2n) is 5.89. The number of benzene rings is 1. The topological polar surface area (TPSA) is 145 Å². The van der Waals surface area contributed by atoms with Crippen LogP contribution in [0.5, 0.6) is 0 Å². The highest BCUT2D eigenvalue weighted by Gasteiger charge is 2.28. The van der Waals surface area contributed by atoms with Gasteiger partial charge in [-0.2, -0.15) is 4.31 Å². The number of sulfonamides is 1. The van der Waals surface area contributed by atoms with Gasteiger partial charge in [-0.05, 0) is 31.5 Å². The van der Waals surface area contributed by atoms with E-state index in [1.807, 2.05) is 0 Å². The predicted molar refractivity (Wildman–Crippen MR) is 93.4 cm³/mol. The number of amides is 3. The second kappa shape index (κ2) is 8.46. The molecule has 2 rings (SSSR count). The van der Waals surface area contributed by atoms with Gasteiger partial charge >= 0.3 is 12.0 Å². The third-order valence-electron chi connectivity index (χ3n) is 3.94. The summed E-state index contributed by atoms with van der Waals surface area (Å²) in [6.07, 6.45) is -1.29. The Hall–Kier alpha value is -2.50. The molecule has 0 radical (unpaired) electrons. The van der Waals surface area contributed by atoms with Crippen molar-refractivity contribution in [2.24, 2.45) is 5.73 Å². The van der Waals surface area contributed by atoms with Crippen molar-refractivity contribution in [3.8, 4) is 0 Å². The molecule has 1 atom stereocenters. The molecule has 0 unspecified atom stereocenters. The van der Waals surface area contributed by atoms with Crippen LogP contribution in [0, 0.1) is 6.92 Å². The van der Waals surface area contributed by atoms with E-state index in [0.717, 1.165) is 0 Å². The van der Waals surface area contributed by atoms with Crippen LogP contribution in [-0.2, 0) is 24.3 Å². The van der Waals surface area contributed by atoms with Gasteiger partial charge in [0.1, 0.15) is 0 Å². The number of aryl methyl sites for hydroxylation is 1. The summed E-state index contributed by atoms with van der Waals surface area (Å²) in [5, 5.41) is 1.80. The highest BCUT2D eigenvalue weighted by atomic mass is 32.2. The van der Waals surface area contributed by atoms with Crippen molar-refractivity contribution in [3.63, 3.8) is 0 Å². The molecule has 11 heteroatoms. The van der Waals surface area contributed by atoms with Crippen molar-refractivity contribution in [2.45, 2.75) is 24.8 Å². The fraction of sp³-hybridized carbons (Fsp3) is 0.438. The third-order valence-corrected chi connectivity index (χ3v) is 5.83. The first-order chi connectivity index (χ1) is 12.6. The molecule has 0 spiro atoms. The minimum atomic E-state index is -3.79. The first-order valence-corrected chi connectivity index (χ1v) is 9.56. The molecule has 3 N–H and O–H groups in total. The lowest BCUT2D eigenvalue weighted by molar-refractivity contribution is -0.127. The average Bonchev–Trinajstić information content (AvgIpc) is 2.61. The molecule has 27 heavy (non-hydrogen) atoms. The zero-order valence-electron chi connectivity index (χ0n) is 14.9. The number of carbonyl (C=O) groups excluding carboxylic acids is 3. The minimum absolute atomic E-state index is 0.00283. The predicted octanol–water partition coefficient (Wildman–Crippen LogP) is -0.244. The lowest BCUT2D eigenvalue weighted by Gasteiger charge is -2.26. The number of urea groups is 1. The van der Waals surface area contributed by atoms with Crippen LogP contribution in [0.15, 0.2) is 23.1 Å². The third kappa shape index (κ3) is 5.02. The van der Waals surface area contributed by atoms with Crippen LogP contribution >= 0.6 is 0 Å². The Balaban J connectivity index is 2.22. The zero-order chi connectivity index (χ0) is 20.2. The number of primary amides is 1. The number of rotatable bonds is 5. The number of imide groups is 1. The Morgan fingerprint density at radius 2 is 1.89 bits per heavy atom. The second-order valence-corrected chi connectivity index (χ2v) is 7.83. The number of ether oxygens (including phenoxy) is 2. The summed E-state index contributed by atoms with van der Waals surface area (Å²) in [4.78, 5) is 34.6. The number of nitrogens with one attached hydrogen (secondary N) is 1. The van der Waals surface area contributed by atoms with Crippen molar-refractivity contribution in [1.29, 1.82) is 0 Å². The van der Waals surface area contributed by atoms with Crippen molar-refractivity contribution >= 4 is 27.9 Å². The lowest BCUT2D eigenvalue weighted by atomic mass is 10.1. The fourth-order valence-corrected chi connectivity index (χ4v) is 3.85. The van der Waals surface area contributed by atoms with Crippen molar-refractivity contribution in [1.82, 2.24) is 9.62 Å². The number of hydrogen-bond acceptors (Lipinski definition) is 7. The summed E-state index contributed by atoms with van der Waals surface area (Å²) < 4.78 is 36.9. The number of morpholine rings is 1. The van der Waals surface area contributed by atoms with Crippen LogP contribution in [0.1, 0.15) is 22.8 Å². The zero-order valence-corrected chi connectivity index (χ0v) is 15.7. The van der Waals surface area contributed by atoms with Crippen molar-refractivity contribution < 1.29 is 32.3 Å². The van der Waals surface area contributed by atoms with E-state index < -0.39 is 34.0 Å². The molecular formula is C16H21N3O7S. The molecule has 1 aromatic carbocycles. The number of hydrogen-bond donors (Lipinski definition) is 2. The summed E-state index contributed by atoms with van der Waals surface area (Å²) >= 11 is 0. The number of nitrogens with zero attached hydrogens (tertiary/aromatic N) is 1. The van der Waals surface area contributed by atoms with E-state index in [4.69, 9.17) is 15.2 Å². The normalized spacial score (nSPS) is 16.4. The van der Waals surface area contributed by atoms with Crippen LogP contribution in [0.2, 0.25) is 0 Å². The van der Waals surface area contributed by atoms with Gasteiger partial charge in [0, 0.05) is 13.1 Å². The van der Waals surface area contributed by atoms with Crippen LogP contribution in [0.4, 0.5) is 4.79 Å². The number of esters is 1. The maximum atomic E-state index is 12.7. The SMILES string of the molecule is Cc1ccc(S(=O)(=O)N2CCOCC2)cc1C(=O)O[C@H](C)C(=O)NC(N)=O. The molecule has 1 aromatic rings. The van der Waals surface area contributed by atoms with E-state index in [1.54, 1.807) is 12.2 Å². The van der Waals surface area contributed by atoms with Crippen LogP contribution < -0.4 is 11.1 Å². The van der Waals surface area contributed by atoms with E-state index in [2.05, 4.69) is 0 Å². The van der Waals surface area contributed by atoms with Crippen LogP contribution in [0.25, 0.3) is 0 Å². The fourth-order valence-electron chi connectivity index (χ4n) is 2.42. The summed E-state index contributed by atoms with van der Waals surface area (Å²) in [5.74, 6) is -1.77. The van der Waals surface area contributed by atoms with Gasteiger partial charge in [0.25, 0.3) is 5.91 Å². The first-order valence-electron chi connectivity index (χ1n) is 8.12. The molecule has 0 aromatic heterocycles. The Morgan fingerprint density at radius 1 is 1.26 bits per heavy atom. The van der Waals surface area contributed by atoms with Gasteiger partial charge in [0.2, 0.25) is 10.0 Å². The Bertz CT molecular complexity index is 848. The standard InChI is InChI=1S/C16H21N3O7S/c1-10-3-4-12(27(23,24)19-5-7-25-8-6-19)9-13(10)15(21)26-11(2)14(20)18-16(17)22/h3-4,9,11H,5-8H2,1-2H3,(H3,17,18,20,22)/t11-/m1/s1. The first kappa shape index (κ1) is 20.8. The highest BCUT2D eigenvalue weighted by molar-refractivity contribution is 7.89. The van der Waals surface area contributed by atoms with Gasteiger partial charge in [-0.1, -0.05) is 6.07 Å². The van der Waals surface area contributed by atoms with Gasteiger partial charge in [0.15, 0.2) is 6.10 Å². The quantitative estimate of drug-likeness (QED) is 0.650. The van der Waals surface area contributed by atoms with Gasteiger partial charge in [0.05, 0.1) is 23.7 Å². The van der Waals surface area contributed by atoms with Crippen LogP contribution in [-0.4, -0.2) is 63.0 Å². The molecule has 10 nitrogen and oxygen atoms in total. The minimum Gasteiger partial charge on any atom is -0.449 e. The monoisotopic (exact) mass is 399 g/mol. The van der Waals surface area contributed by atoms with Crippen molar-refractivity contribution in [2.75, 3.05) is 26.3 Å². The van der Waals surface area contributed by atoms with Gasteiger partial charge in [-0.3, -0.25) is 10.1 Å². The maximum Gasteiger partial charge on any atom is 0.339 e. The Labute approximate surface area is 156 Å². The largest absolute Gasteiger partial charge is 0.449 e. The molecule has 0 saturated carbocycles. The molecule has 1 aliphatic heterocycles. The van der Waals surface area contributed by atoms with E-state index in [0.29, 0.717) is 18.8 Å². The Kier molecular flexibility index (Phi) is 6.52.